The lowest BCUT2D eigenvalue weighted by Crippen LogP contribution is -2.05. The summed E-state index contributed by atoms with van der Waals surface area (Å²) in [7, 11) is 0. The summed E-state index contributed by atoms with van der Waals surface area (Å²) >= 11 is 0. The zero-order valence-corrected chi connectivity index (χ0v) is 12.4. The third kappa shape index (κ3) is 2.77. The van der Waals surface area contributed by atoms with Crippen molar-refractivity contribution in [3.8, 4) is 0 Å². The molecule has 0 unspecified atom stereocenters. The van der Waals surface area contributed by atoms with E-state index in [2.05, 4.69) is 41.8 Å². The van der Waals surface area contributed by atoms with Crippen LogP contribution in [0.4, 0.5) is 5.69 Å². The Morgan fingerprint density at radius 1 is 1.05 bits per heavy atom. The Hall–Kier alpha value is -2.29. The average molecular weight is 279 g/mol. The van der Waals surface area contributed by atoms with Crippen molar-refractivity contribution < 1.29 is 0 Å². The van der Waals surface area contributed by atoms with Crippen LogP contribution in [-0.4, -0.2) is 9.55 Å². The van der Waals surface area contributed by atoms with E-state index in [9.17, 15) is 0 Å². The summed E-state index contributed by atoms with van der Waals surface area (Å²) in [6, 6.07) is 16.5. The van der Waals surface area contributed by atoms with Crippen LogP contribution in [0.1, 0.15) is 31.2 Å². The van der Waals surface area contributed by atoms with Crippen LogP contribution in [0, 0.1) is 0 Å². The first-order valence-corrected chi connectivity index (χ1v) is 7.57. The predicted octanol–water partition coefficient (Wildman–Crippen LogP) is 4.01. The second kappa shape index (κ2) is 6.00. The van der Waals surface area contributed by atoms with E-state index in [1.807, 2.05) is 18.2 Å². The quantitative estimate of drug-likeness (QED) is 0.717. The van der Waals surface area contributed by atoms with Crippen molar-refractivity contribution >= 4 is 16.7 Å². The molecule has 21 heavy (non-hydrogen) atoms. The van der Waals surface area contributed by atoms with Gasteiger partial charge in [-0.3, -0.25) is 0 Å². The van der Waals surface area contributed by atoms with Gasteiger partial charge in [-0.1, -0.05) is 49.7 Å². The normalized spacial score (nSPS) is 11.1. The first-order valence-electron chi connectivity index (χ1n) is 7.57. The van der Waals surface area contributed by atoms with E-state index in [0.29, 0.717) is 0 Å². The second-order valence-corrected chi connectivity index (χ2v) is 5.42. The van der Waals surface area contributed by atoms with E-state index in [4.69, 9.17) is 10.7 Å². The highest BCUT2D eigenvalue weighted by molar-refractivity contribution is 5.87. The van der Waals surface area contributed by atoms with Crippen molar-refractivity contribution in [2.24, 2.45) is 0 Å². The average Bonchev–Trinajstić information content (AvgIpc) is 2.86. The van der Waals surface area contributed by atoms with Gasteiger partial charge in [0.25, 0.3) is 0 Å². The van der Waals surface area contributed by atoms with Crippen LogP contribution >= 0.6 is 0 Å². The smallest absolute Gasteiger partial charge is 0.112 e. The molecule has 3 nitrogen and oxygen atoms in total. The summed E-state index contributed by atoms with van der Waals surface area (Å²) < 4.78 is 2.30. The van der Waals surface area contributed by atoms with Gasteiger partial charge in [-0.15, -0.1) is 0 Å². The lowest BCUT2D eigenvalue weighted by Gasteiger charge is -2.09. The summed E-state index contributed by atoms with van der Waals surface area (Å²) in [6.07, 6.45) is 3.32. The highest BCUT2D eigenvalue weighted by atomic mass is 15.1. The van der Waals surface area contributed by atoms with E-state index < -0.39 is 0 Å². The monoisotopic (exact) mass is 279 g/mol. The van der Waals surface area contributed by atoms with Crippen molar-refractivity contribution in [3.63, 3.8) is 0 Å². The van der Waals surface area contributed by atoms with Gasteiger partial charge in [0.2, 0.25) is 0 Å². The molecule has 0 aliphatic heterocycles. The molecule has 2 N–H and O–H groups in total. The number of aryl methyl sites for hydroxylation is 1. The van der Waals surface area contributed by atoms with Crippen LogP contribution in [-0.2, 0) is 13.0 Å². The minimum Gasteiger partial charge on any atom is -0.397 e. The molecule has 0 bridgehead atoms. The summed E-state index contributed by atoms with van der Waals surface area (Å²) in [5, 5.41) is 0. The Labute approximate surface area is 125 Å². The molecule has 0 spiro atoms. The molecule has 0 fully saturated rings. The van der Waals surface area contributed by atoms with Gasteiger partial charge in [-0.2, -0.15) is 0 Å². The third-order valence-electron chi connectivity index (χ3n) is 3.83. The summed E-state index contributed by atoms with van der Waals surface area (Å²) in [6.45, 7) is 3.05. The zero-order chi connectivity index (χ0) is 14.7. The number of aromatic nitrogens is 2. The van der Waals surface area contributed by atoms with Crippen molar-refractivity contribution in [3.05, 3.63) is 59.9 Å². The van der Waals surface area contributed by atoms with Gasteiger partial charge in [0.1, 0.15) is 11.3 Å². The summed E-state index contributed by atoms with van der Waals surface area (Å²) in [5.41, 5.74) is 10.2. The number of nitrogens with zero attached hydrogens (tertiary/aromatic N) is 2. The van der Waals surface area contributed by atoms with E-state index in [-0.39, 0.29) is 0 Å². The van der Waals surface area contributed by atoms with Gasteiger partial charge in [0.15, 0.2) is 0 Å². The van der Waals surface area contributed by atoms with Crippen molar-refractivity contribution in [2.75, 3.05) is 5.73 Å². The Kier molecular flexibility index (Phi) is 3.91. The SMILES string of the molecule is CCCCc1nc2c(N)cccc2n1Cc1ccccc1. The van der Waals surface area contributed by atoms with Crippen molar-refractivity contribution in [1.82, 2.24) is 9.55 Å². The first kappa shape index (κ1) is 13.7. The van der Waals surface area contributed by atoms with Crippen LogP contribution in [0.25, 0.3) is 11.0 Å². The fourth-order valence-electron chi connectivity index (χ4n) is 2.68. The predicted molar refractivity (Wildman–Crippen MR) is 88.3 cm³/mol. The largest absolute Gasteiger partial charge is 0.397 e. The number of anilines is 1. The van der Waals surface area contributed by atoms with Crippen LogP contribution in [0.15, 0.2) is 48.5 Å². The minimum absolute atomic E-state index is 0.761. The van der Waals surface area contributed by atoms with Crippen molar-refractivity contribution in [2.45, 2.75) is 32.7 Å². The van der Waals surface area contributed by atoms with Gasteiger partial charge < -0.3 is 10.3 Å². The standard InChI is InChI=1S/C18H21N3/c1-2-3-12-17-20-18-15(19)10-7-11-16(18)21(17)13-14-8-5-4-6-9-14/h4-11H,2-3,12-13,19H2,1H3. The van der Waals surface area contributed by atoms with Crippen LogP contribution in [0.3, 0.4) is 0 Å². The number of benzene rings is 2. The van der Waals surface area contributed by atoms with Crippen LogP contribution < -0.4 is 5.73 Å². The van der Waals surface area contributed by atoms with Gasteiger partial charge in [-0.25, -0.2) is 4.98 Å². The number of nitrogen functional groups attached to an aromatic ring is 1. The molecule has 2 aromatic carbocycles. The fraction of sp³-hybridized carbons (Fsp3) is 0.278. The molecule has 0 radical (unpaired) electrons. The van der Waals surface area contributed by atoms with Crippen molar-refractivity contribution in [1.29, 1.82) is 0 Å². The van der Waals surface area contributed by atoms with E-state index in [1.54, 1.807) is 0 Å². The molecule has 3 aromatic rings. The Morgan fingerprint density at radius 2 is 1.86 bits per heavy atom. The molecule has 0 atom stereocenters. The lowest BCUT2D eigenvalue weighted by atomic mass is 10.2. The minimum atomic E-state index is 0.761. The van der Waals surface area contributed by atoms with Crippen LogP contribution in [0.5, 0.6) is 0 Å². The maximum Gasteiger partial charge on any atom is 0.112 e. The van der Waals surface area contributed by atoms with Gasteiger partial charge in [-0.05, 0) is 24.1 Å². The molecule has 3 rings (SSSR count). The second-order valence-electron chi connectivity index (χ2n) is 5.42. The van der Waals surface area contributed by atoms with E-state index >= 15 is 0 Å². The molecular weight excluding hydrogens is 258 g/mol. The maximum absolute atomic E-state index is 6.08. The zero-order valence-electron chi connectivity index (χ0n) is 12.4. The van der Waals surface area contributed by atoms with Gasteiger partial charge in [0, 0.05) is 13.0 Å². The molecule has 1 aromatic heterocycles. The molecule has 0 aliphatic rings. The first-order chi connectivity index (χ1) is 10.3. The highest BCUT2D eigenvalue weighted by Gasteiger charge is 2.12. The molecule has 0 amide bonds. The Balaban J connectivity index is 2.07. The number of para-hydroxylation sites is 1. The molecule has 3 heteroatoms. The molecule has 0 saturated carbocycles. The highest BCUT2D eigenvalue weighted by Crippen LogP contribution is 2.23. The molecule has 0 aliphatic carbocycles. The summed E-state index contributed by atoms with van der Waals surface area (Å²) in [4.78, 5) is 4.78. The Bertz CT molecular complexity index is 729. The molecule has 108 valence electrons. The lowest BCUT2D eigenvalue weighted by molar-refractivity contribution is 0.690. The van der Waals surface area contributed by atoms with E-state index in [1.165, 1.54) is 12.0 Å². The number of imidazole rings is 1. The topological polar surface area (TPSA) is 43.8 Å². The molecular formula is C18H21N3. The van der Waals surface area contributed by atoms with Crippen LogP contribution in [0.2, 0.25) is 0 Å². The number of hydrogen-bond acceptors (Lipinski definition) is 2. The van der Waals surface area contributed by atoms with E-state index in [0.717, 1.165) is 41.9 Å². The van der Waals surface area contributed by atoms with Gasteiger partial charge >= 0.3 is 0 Å². The Morgan fingerprint density at radius 3 is 2.62 bits per heavy atom. The number of fused-ring (bicyclic) bond motifs is 1. The summed E-state index contributed by atoms with van der Waals surface area (Å²) in [5.74, 6) is 1.13. The number of hydrogen-bond donors (Lipinski definition) is 1. The number of nitrogens with two attached hydrogens (primary N) is 1. The van der Waals surface area contributed by atoms with Gasteiger partial charge in [0.05, 0.1) is 11.2 Å². The number of unbranched alkanes of at least 4 members (excludes halogenated alkanes) is 1. The fourth-order valence-corrected chi connectivity index (χ4v) is 2.68. The molecule has 0 saturated heterocycles. The maximum atomic E-state index is 6.08. The number of rotatable bonds is 5. The molecule has 1 heterocycles. The third-order valence-corrected chi connectivity index (χ3v) is 3.83.